The van der Waals surface area contributed by atoms with Crippen molar-refractivity contribution < 1.29 is 8.42 Å². The van der Waals surface area contributed by atoms with Crippen molar-refractivity contribution in [3.05, 3.63) is 12.3 Å². The number of amidine groups is 1. The van der Waals surface area contributed by atoms with E-state index in [9.17, 15) is 8.42 Å². The Morgan fingerprint density at radius 2 is 2.44 bits per heavy atom. The Morgan fingerprint density at radius 3 is 2.88 bits per heavy atom. The molecule has 1 atom stereocenters. The van der Waals surface area contributed by atoms with Gasteiger partial charge in [-0.25, -0.2) is 8.42 Å². The van der Waals surface area contributed by atoms with Gasteiger partial charge in [0.15, 0.2) is 5.03 Å². The van der Waals surface area contributed by atoms with Crippen LogP contribution in [0.5, 0.6) is 0 Å². The summed E-state index contributed by atoms with van der Waals surface area (Å²) < 4.78 is 25.8. The lowest BCUT2D eigenvalue weighted by molar-refractivity contribution is 0.561. The summed E-state index contributed by atoms with van der Waals surface area (Å²) in [7, 11) is -3.67. The smallest absolute Gasteiger partial charge is 0.258 e. The van der Waals surface area contributed by atoms with E-state index in [1.807, 2.05) is 6.92 Å². The third kappa shape index (κ3) is 3.04. The number of nitrogens with two attached hydrogens (primary N) is 1. The predicted octanol–water partition coefficient (Wildman–Crippen LogP) is -0.207. The molecule has 8 heteroatoms. The van der Waals surface area contributed by atoms with Crippen molar-refractivity contribution in [2.24, 2.45) is 5.73 Å². The van der Waals surface area contributed by atoms with E-state index in [0.29, 0.717) is 6.42 Å². The zero-order valence-electron chi connectivity index (χ0n) is 8.90. The minimum Gasteiger partial charge on any atom is -0.386 e. The molecule has 0 radical (unpaired) electrons. The van der Waals surface area contributed by atoms with Crippen LogP contribution >= 0.6 is 0 Å². The second-order valence-corrected chi connectivity index (χ2v) is 5.02. The first-order chi connectivity index (χ1) is 7.47. The molecule has 1 aromatic rings. The molecule has 0 aliphatic heterocycles. The number of aromatic nitrogens is 2. The van der Waals surface area contributed by atoms with Crippen LogP contribution in [-0.2, 0) is 10.0 Å². The number of nitrogens with zero attached hydrogens (tertiary/aromatic N) is 1. The minimum atomic E-state index is -3.67. The molecule has 16 heavy (non-hydrogen) atoms. The predicted molar refractivity (Wildman–Crippen MR) is 59.5 cm³/mol. The number of aromatic amines is 1. The topological polar surface area (TPSA) is 125 Å². The fourth-order valence-electron chi connectivity index (χ4n) is 1.21. The Labute approximate surface area is 94.0 Å². The molecule has 1 aromatic heterocycles. The zero-order chi connectivity index (χ0) is 12.2. The van der Waals surface area contributed by atoms with Crippen molar-refractivity contribution in [2.75, 3.05) is 0 Å². The van der Waals surface area contributed by atoms with E-state index in [1.54, 1.807) is 0 Å². The number of H-pyrrole nitrogens is 1. The van der Waals surface area contributed by atoms with Crippen LogP contribution < -0.4 is 10.5 Å². The molecule has 1 rings (SSSR count). The number of rotatable bonds is 6. The third-order valence-corrected chi connectivity index (χ3v) is 3.42. The molecule has 0 aliphatic carbocycles. The van der Waals surface area contributed by atoms with Gasteiger partial charge in [0.1, 0.15) is 5.84 Å². The zero-order valence-corrected chi connectivity index (χ0v) is 9.71. The van der Waals surface area contributed by atoms with Gasteiger partial charge in [0.25, 0.3) is 10.0 Å². The quantitative estimate of drug-likeness (QED) is 0.409. The maximum atomic E-state index is 11.7. The largest absolute Gasteiger partial charge is 0.386 e. The van der Waals surface area contributed by atoms with Gasteiger partial charge < -0.3 is 5.73 Å². The summed E-state index contributed by atoms with van der Waals surface area (Å²) >= 11 is 0. The molecule has 1 unspecified atom stereocenters. The number of sulfonamides is 1. The van der Waals surface area contributed by atoms with E-state index in [2.05, 4.69) is 14.9 Å². The maximum Gasteiger partial charge on any atom is 0.258 e. The summed E-state index contributed by atoms with van der Waals surface area (Å²) in [5.74, 6) is -0.190. The van der Waals surface area contributed by atoms with Crippen LogP contribution in [-0.4, -0.2) is 30.5 Å². The Balaban J connectivity index is 2.82. The summed E-state index contributed by atoms with van der Waals surface area (Å²) in [5, 5.41) is 13.2. The average Bonchev–Trinajstić information content (AvgIpc) is 2.69. The molecule has 0 aliphatic rings. The lowest BCUT2D eigenvalue weighted by Gasteiger charge is -2.15. The van der Waals surface area contributed by atoms with Gasteiger partial charge in [-0.1, -0.05) is 13.3 Å². The second kappa shape index (κ2) is 5.08. The molecule has 0 fully saturated rings. The lowest BCUT2D eigenvalue weighted by atomic mass is 10.2. The van der Waals surface area contributed by atoms with Gasteiger partial charge in [0.2, 0.25) is 0 Å². The highest BCUT2D eigenvalue weighted by Crippen LogP contribution is 2.06. The summed E-state index contributed by atoms with van der Waals surface area (Å²) in [4.78, 5) is 0. The highest BCUT2D eigenvalue weighted by atomic mass is 32.2. The van der Waals surface area contributed by atoms with E-state index in [-0.39, 0.29) is 10.9 Å². The molecule has 0 aromatic carbocycles. The minimum absolute atomic E-state index is 0.0325. The monoisotopic (exact) mass is 245 g/mol. The molecule has 0 saturated heterocycles. The summed E-state index contributed by atoms with van der Waals surface area (Å²) in [6.07, 6.45) is 2.57. The van der Waals surface area contributed by atoms with Crippen molar-refractivity contribution in [2.45, 2.75) is 30.8 Å². The first-order valence-electron chi connectivity index (χ1n) is 4.83. The van der Waals surface area contributed by atoms with E-state index in [4.69, 9.17) is 11.1 Å². The van der Waals surface area contributed by atoms with Crippen molar-refractivity contribution in [3.8, 4) is 0 Å². The van der Waals surface area contributed by atoms with Gasteiger partial charge in [-0.15, -0.1) is 0 Å². The Bertz CT molecular complexity index is 439. The van der Waals surface area contributed by atoms with Crippen LogP contribution in [0.1, 0.15) is 19.8 Å². The number of hydrogen-bond acceptors (Lipinski definition) is 4. The van der Waals surface area contributed by atoms with Gasteiger partial charge in [0, 0.05) is 0 Å². The molecule has 0 spiro atoms. The Morgan fingerprint density at radius 1 is 1.75 bits per heavy atom. The summed E-state index contributed by atoms with van der Waals surface area (Å²) in [6, 6.07) is 0.671. The molecule has 0 amide bonds. The van der Waals surface area contributed by atoms with E-state index >= 15 is 0 Å². The molecular weight excluding hydrogens is 230 g/mol. The molecule has 0 bridgehead atoms. The van der Waals surface area contributed by atoms with Crippen molar-refractivity contribution >= 4 is 15.9 Å². The number of nitrogens with one attached hydrogen (secondary N) is 3. The molecule has 5 N–H and O–H groups in total. The standard InChI is InChI=1S/C8H15N5O2S/c1-2-3-6(8(9)10)13-16(14,15)7-4-5-11-12-7/h4-6,13H,2-3H2,1H3,(H3,9,10)(H,11,12). The summed E-state index contributed by atoms with van der Waals surface area (Å²) in [5.41, 5.74) is 5.31. The SMILES string of the molecule is CCCC(NS(=O)(=O)c1ccn[nH]1)C(=N)N. The van der Waals surface area contributed by atoms with Crippen LogP contribution in [0.4, 0.5) is 0 Å². The maximum absolute atomic E-state index is 11.7. The summed E-state index contributed by atoms with van der Waals surface area (Å²) in [6.45, 7) is 1.89. The van der Waals surface area contributed by atoms with Crippen LogP contribution in [0, 0.1) is 5.41 Å². The molecule has 0 saturated carbocycles. The average molecular weight is 245 g/mol. The molecular formula is C8H15N5O2S. The Hall–Kier alpha value is -1.41. The van der Waals surface area contributed by atoms with E-state index in [1.165, 1.54) is 12.3 Å². The Kier molecular flexibility index (Phi) is 4.02. The van der Waals surface area contributed by atoms with Crippen LogP contribution in [0.2, 0.25) is 0 Å². The van der Waals surface area contributed by atoms with E-state index in [0.717, 1.165) is 6.42 Å². The van der Waals surface area contributed by atoms with Crippen LogP contribution in [0.15, 0.2) is 17.3 Å². The number of hydrogen-bond donors (Lipinski definition) is 4. The van der Waals surface area contributed by atoms with Gasteiger partial charge in [-0.2, -0.15) is 9.82 Å². The van der Waals surface area contributed by atoms with Gasteiger partial charge in [-0.3, -0.25) is 10.5 Å². The molecule has 7 nitrogen and oxygen atoms in total. The molecule has 1 heterocycles. The van der Waals surface area contributed by atoms with Crippen molar-refractivity contribution in [1.82, 2.24) is 14.9 Å². The first kappa shape index (κ1) is 12.7. The lowest BCUT2D eigenvalue weighted by Crippen LogP contribution is -2.43. The highest BCUT2D eigenvalue weighted by molar-refractivity contribution is 7.89. The van der Waals surface area contributed by atoms with Gasteiger partial charge in [0.05, 0.1) is 12.2 Å². The fraction of sp³-hybridized carbons (Fsp3) is 0.500. The van der Waals surface area contributed by atoms with Gasteiger partial charge in [-0.05, 0) is 12.5 Å². The van der Waals surface area contributed by atoms with Crippen LogP contribution in [0.25, 0.3) is 0 Å². The fourth-order valence-corrected chi connectivity index (χ4v) is 2.37. The third-order valence-electron chi connectivity index (χ3n) is 2.01. The second-order valence-electron chi connectivity index (χ2n) is 3.34. The van der Waals surface area contributed by atoms with Crippen LogP contribution in [0.3, 0.4) is 0 Å². The molecule has 90 valence electrons. The van der Waals surface area contributed by atoms with Crippen molar-refractivity contribution in [3.63, 3.8) is 0 Å². The van der Waals surface area contributed by atoms with E-state index < -0.39 is 16.1 Å². The highest BCUT2D eigenvalue weighted by Gasteiger charge is 2.22. The van der Waals surface area contributed by atoms with Gasteiger partial charge >= 0.3 is 0 Å². The normalized spacial score (nSPS) is 13.6. The first-order valence-corrected chi connectivity index (χ1v) is 6.31. The van der Waals surface area contributed by atoms with Crippen molar-refractivity contribution in [1.29, 1.82) is 5.41 Å².